The third-order valence-electron chi connectivity index (χ3n) is 4.45. The second kappa shape index (κ2) is 9.24. The van der Waals surface area contributed by atoms with Crippen LogP contribution in [0.4, 0.5) is 5.69 Å². The molecule has 0 amide bonds. The maximum Gasteiger partial charge on any atom is 0.191 e. The number of aromatic nitrogens is 2. The van der Waals surface area contributed by atoms with E-state index in [1.165, 1.54) is 11.3 Å². The van der Waals surface area contributed by atoms with Gasteiger partial charge in [-0.15, -0.1) is 0 Å². The minimum Gasteiger partial charge on any atom is -0.378 e. The van der Waals surface area contributed by atoms with Gasteiger partial charge in [-0.3, -0.25) is 4.68 Å². The third-order valence-corrected chi connectivity index (χ3v) is 4.45. The number of rotatable bonds is 6. The van der Waals surface area contributed by atoms with E-state index in [-0.39, 0.29) is 0 Å². The van der Waals surface area contributed by atoms with Crippen LogP contribution in [0.1, 0.15) is 18.2 Å². The molecule has 0 radical (unpaired) electrons. The Hall–Kier alpha value is -2.54. The Morgan fingerprint density at radius 2 is 2.00 bits per heavy atom. The Kier molecular flexibility index (Phi) is 6.49. The quantitative estimate of drug-likeness (QED) is 0.607. The van der Waals surface area contributed by atoms with Crippen LogP contribution >= 0.6 is 0 Å². The molecule has 26 heavy (non-hydrogen) atoms. The van der Waals surface area contributed by atoms with Gasteiger partial charge in [-0.1, -0.05) is 18.2 Å². The molecular formula is C19H28N6O. The molecule has 1 fully saturated rings. The molecule has 0 saturated carbocycles. The molecular weight excluding hydrogens is 328 g/mol. The van der Waals surface area contributed by atoms with E-state index in [0.29, 0.717) is 13.1 Å². The SMILES string of the molecule is CCNC(=NCc1ccccc1N1CCOCC1)NCc1ccnn1C. The first-order valence-electron chi connectivity index (χ1n) is 9.17. The van der Waals surface area contributed by atoms with Crippen LogP contribution in [0.5, 0.6) is 0 Å². The second-order valence-corrected chi connectivity index (χ2v) is 6.22. The maximum absolute atomic E-state index is 5.47. The highest BCUT2D eigenvalue weighted by Crippen LogP contribution is 2.22. The van der Waals surface area contributed by atoms with Gasteiger partial charge >= 0.3 is 0 Å². The van der Waals surface area contributed by atoms with Crippen LogP contribution in [-0.4, -0.2) is 48.6 Å². The van der Waals surface area contributed by atoms with E-state index in [2.05, 4.69) is 51.8 Å². The van der Waals surface area contributed by atoms with Crippen LogP contribution < -0.4 is 15.5 Å². The number of hydrogen-bond donors (Lipinski definition) is 2. The Labute approximate surface area is 155 Å². The summed E-state index contributed by atoms with van der Waals surface area (Å²) in [5, 5.41) is 10.9. The largest absolute Gasteiger partial charge is 0.378 e. The number of nitrogens with zero attached hydrogens (tertiary/aromatic N) is 4. The Balaban J connectivity index is 1.68. The van der Waals surface area contributed by atoms with Gasteiger partial charge in [0.1, 0.15) is 0 Å². The summed E-state index contributed by atoms with van der Waals surface area (Å²) in [4.78, 5) is 7.15. The molecule has 1 aliphatic rings. The molecule has 7 nitrogen and oxygen atoms in total. The molecule has 2 heterocycles. The maximum atomic E-state index is 5.47. The number of guanidine groups is 1. The van der Waals surface area contributed by atoms with Gasteiger partial charge in [0.2, 0.25) is 0 Å². The average Bonchev–Trinajstić information content (AvgIpc) is 3.10. The monoisotopic (exact) mass is 356 g/mol. The first-order valence-corrected chi connectivity index (χ1v) is 9.17. The molecule has 1 aromatic heterocycles. The van der Waals surface area contributed by atoms with Crippen molar-refractivity contribution in [1.29, 1.82) is 0 Å². The topological polar surface area (TPSA) is 66.7 Å². The summed E-state index contributed by atoms with van der Waals surface area (Å²) in [5.41, 5.74) is 3.60. The summed E-state index contributed by atoms with van der Waals surface area (Å²) >= 11 is 0. The molecule has 0 atom stereocenters. The van der Waals surface area contributed by atoms with Crippen LogP contribution in [0.3, 0.4) is 0 Å². The molecule has 7 heteroatoms. The van der Waals surface area contributed by atoms with Gasteiger partial charge in [0.05, 0.1) is 32.0 Å². The highest BCUT2D eigenvalue weighted by Gasteiger charge is 2.14. The number of aliphatic imine (C=N–C) groups is 1. The molecule has 2 aromatic rings. The number of anilines is 1. The van der Waals surface area contributed by atoms with Crippen LogP contribution in [0.2, 0.25) is 0 Å². The van der Waals surface area contributed by atoms with Crippen LogP contribution in [-0.2, 0) is 24.9 Å². The van der Waals surface area contributed by atoms with Gasteiger partial charge in [0.15, 0.2) is 5.96 Å². The highest BCUT2D eigenvalue weighted by molar-refractivity contribution is 5.79. The predicted octanol–water partition coefficient (Wildman–Crippen LogP) is 1.51. The van der Waals surface area contributed by atoms with E-state index >= 15 is 0 Å². The van der Waals surface area contributed by atoms with E-state index in [9.17, 15) is 0 Å². The van der Waals surface area contributed by atoms with Crippen molar-refractivity contribution in [2.24, 2.45) is 12.0 Å². The smallest absolute Gasteiger partial charge is 0.191 e. The summed E-state index contributed by atoms with van der Waals surface area (Å²) in [5.74, 6) is 0.811. The van der Waals surface area contributed by atoms with Crippen molar-refractivity contribution in [3.8, 4) is 0 Å². The van der Waals surface area contributed by atoms with Crippen molar-refractivity contribution in [3.63, 3.8) is 0 Å². The van der Waals surface area contributed by atoms with Crippen molar-refractivity contribution in [2.75, 3.05) is 37.7 Å². The van der Waals surface area contributed by atoms with Gasteiger partial charge < -0.3 is 20.3 Å². The normalized spacial score (nSPS) is 15.2. The molecule has 3 rings (SSSR count). The van der Waals surface area contributed by atoms with Crippen LogP contribution in [0, 0.1) is 0 Å². The standard InChI is InChI=1S/C19H28N6O/c1-3-20-19(22-15-17-8-9-23-24(17)2)21-14-16-6-4-5-7-18(16)25-10-12-26-13-11-25/h4-9H,3,10-15H2,1-2H3,(H2,20,21,22). The van der Waals surface area contributed by atoms with E-state index in [1.54, 1.807) is 6.20 Å². The van der Waals surface area contributed by atoms with E-state index in [4.69, 9.17) is 9.73 Å². The Morgan fingerprint density at radius 3 is 2.73 bits per heavy atom. The van der Waals surface area contributed by atoms with Gasteiger partial charge in [0.25, 0.3) is 0 Å². The van der Waals surface area contributed by atoms with Crippen LogP contribution in [0.15, 0.2) is 41.5 Å². The lowest BCUT2D eigenvalue weighted by Crippen LogP contribution is -2.37. The zero-order valence-corrected chi connectivity index (χ0v) is 15.6. The third kappa shape index (κ3) is 4.76. The zero-order valence-electron chi connectivity index (χ0n) is 15.6. The summed E-state index contributed by atoms with van der Waals surface area (Å²) in [6.07, 6.45) is 1.81. The minimum absolute atomic E-state index is 0.633. The summed E-state index contributed by atoms with van der Waals surface area (Å²) < 4.78 is 7.34. The average molecular weight is 356 g/mol. The summed E-state index contributed by atoms with van der Waals surface area (Å²) in [7, 11) is 1.94. The highest BCUT2D eigenvalue weighted by atomic mass is 16.5. The van der Waals surface area contributed by atoms with Crippen LogP contribution in [0.25, 0.3) is 0 Å². The van der Waals surface area contributed by atoms with Crippen molar-refractivity contribution in [2.45, 2.75) is 20.0 Å². The van der Waals surface area contributed by atoms with E-state index < -0.39 is 0 Å². The molecule has 0 unspecified atom stereocenters. The molecule has 140 valence electrons. The molecule has 1 aromatic carbocycles. The number of para-hydroxylation sites is 1. The number of aryl methyl sites for hydroxylation is 1. The summed E-state index contributed by atoms with van der Waals surface area (Å²) in [6.45, 7) is 7.64. The molecule has 1 aliphatic heterocycles. The van der Waals surface area contributed by atoms with Crippen molar-refractivity contribution < 1.29 is 4.74 Å². The van der Waals surface area contributed by atoms with Gasteiger partial charge in [0, 0.05) is 38.6 Å². The lowest BCUT2D eigenvalue weighted by molar-refractivity contribution is 0.122. The molecule has 0 aliphatic carbocycles. The fourth-order valence-corrected chi connectivity index (χ4v) is 3.01. The Morgan fingerprint density at radius 1 is 1.19 bits per heavy atom. The van der Waals surface area contributed by atoms with Gasteiger partial charge in [-0.05, 0) is 24.6 Å². The fourth-order valence-electron chi connectivity index (χ4n) is 3.01. The number of nitrogens with one attached hydrogen (secondary N) is 2. The van der Waals surface area contributed by atoms with Crippen molar-refractivity contribution in [1.82, 2.24) is 20.4 Å². The predicted molar refractivity (Wildman–Crippen MR) is 104 cm³/mol. The Bertz CT molecular complexity index is 720. The number of ether oxygens (including phenoxy) is 1. The molecule has 2 N–H and O–H groups in total. The number of hydrogen-bond acceptors (Lipinski definition) is 4. The first kappa shape index (κ1) is 18.3. The minimum atomic E-state index is 0.633. The van der Waals surface area contributed by atoms with Gasteiger partial charge in [-0.25, -0.2) is 4.99 Å². The lowest BCUT2D eigenvalue weighted by atomic mass is 10.1. The lowest BCUT2D eigenvalue weighted by Gasteiger charge is -2.30. The molecule has 0 spiro atoms. The van der Waals surface area contributed by atoms with Crippen molar-refractivity contribution in [3.05, 3.63) is 47.8 Å². The number of morpholine rings is 1. The molecule has 0 bridgehead atoms. The van der Waals surface area contributed by atoms with E-state index in [0.717, 1.165) is 44.5 Å². The van der Waals surface area contributed by atoms with E-state index in [1.807, 2.05) is 17.8 Å². The fraction of sp³-hybridized carbons (Fsp3) is 0.474. The molecule has 1 saturated heterocycles. The first-order chi connectivity index (χ1) is 12.8. The summed E-state index contributed by atoms with van der Waals surface area (Å²) in [6, 6.07) is 10.5. The van der Waals surface area contributed by atoms with Gasteiger partial charge in [-0.2, -0.15) is 5.10 Å². The number of benzene rings is 1. The van der Waals surface area contributed by atoms with Crippen molar-refractivity contribution >= 4 is 11.6 Å². The zero-order chi connectivity index (χ0) is 18.2. The second-order valence-electron chi connectivity index (χ2n) is 6.22.